The van der Waals surface area contributed by atoms with Crippen LogP contribution < -0.4 is 10.1 Å². The summed E-state index contributed by atoms with van der Waals surface area (Å²) in [5, 5.41) is 2.83. The van der Waals surface area contributed by atoms with Crippen molar-refractivity contribution in [2.24, 2.45) is 0 Å². The Balaban J connectivity index is 0.000000868. The fourth-order valence-electron chi connectivity index (χ4n) is 1.58. The lowest BCUT2D eigenvalue weighted by Gasteiger charge is -2.06. The molecular formula is C20H29NO2. The van der Waals surface area contributed by atoms with Crippen molar-refractivity contribution >= 4 is 11.6 Å². The predicted molar refractivity (Wildman–Crippen MR) is 99.4 cm³/mol. The van der Waals surface area contributed by atoms with Crippen LogP contribution in [-0.2, 0) is 0 Å². The monoisotopic (exact) mass is 315 g/mol. The fraction of sp³-hybridized carbons (Fsp3) is 0.350. The molecule has 0 saturated heterocycles. The summed E-state index contributed by atoms with van der Waals surface area (Å²) in [6, 6.07) is 14.7. The van der Waals surface area contributed by atoms with Crippen LogP contribution in [0.4, 0.5) is 5.69 Å². The largest absolute Gasteiger partial charge is 0.497 e. The molecule has 0 fully saturated rings. The van der Waals surface area contributed by atoms with Crippen molar-refractivity contribution in [1.29, 1.82) is 0 Å². The van der Waals surface area contributed by atoms with Crippen molar-refractivity contribution in [2.45, 2.75) is 41.0 Å². The molecule has 1 amide bonds. The molecule has 2 aromatic rings. The Morgan fingerprint density at radius 1 is 0.957 bits per heavy atom. The minimum Gasteiger partial charge on any atom is -0.497 e. The van der Waals surface area contributed by atoms with Gasteiger partial charge < -0.3 is 10.1 Å². The first-order chi connectivity index (χ1) is 11.1. The summed E-state index contributed by atoms with van der Waals surface area (Å²) < 4.78 is 5.06. The van der Waals surface area contributed by atoms with Crippen LogP contribution in [0.2, 0.25) is 0 Å². The number of aryl methyl sites for hydroxylation is 1. The smallest absolute Gasteiger partial charge is 0.255 e. The molecule has 0 aromatic heterocycles. The van der Waals surface area contributed by atoms with Crippen molar-refractivity contribution in [3.8, 4) is 5.75 Å². The Morgan fingerprint density at radius 3 is 1.87 bits per heavy atom. The maximum Gasteiger partial charge on any atom is 0.255 e. The standard InChI is InChI=1S/C15H15NO2.C3H8.C2H6/c1-11-3-5-12(6-4-11)15(17)16-13-7-9-14(18-2)10-8-13;1-3-2;1-2/h3-10H,1-2H3,(H,16,17);3H2,1-2H3;1-2H3. The van der Waals surface area contributed by atoms with Gasteiger partial charge in [-0.1, -0.05) is 51.8 Å². The maximum absolute atomic E-state index is 11.9. The van der Waals surface area contributed by atoms with E-state index < -0.39 is 0 Å². The highest BCUT2D eigenvalue weighted by molar-refractivity contribution is 6.04. The number of benzene rings is 2. The van der Waals surface area contributed by atoms with E-state index in [0.717, 1.165) is 17.0 Å². The van der Waals surface area contributed by atoms with Crippen LogP contribution in [0.1, 0.15) is 50.0 Å². The van der Waals surface area contributed by atoms with Crippen molar-refractivity contribution in [2.75, 3.05) is 12.4 Å². The SMILES string of the molecule is CC.CCC.COc1ccc(NC(=O)c2ccc(C)cc2)cc1. The molecule has 23 heavy (non-hydrogen) atoms. The lowest BCUT2D eigenvalue weighted by molar-refractivity contribution is 0.102. The second-order valence-electron chi connectivity index (χ2n) is 4.76. The average Bonchev–Trinajstić information content (AvgIpc) is 2.58. The van der Waals surface area contributed by atoms with Gasteiger partial charge in [-0.05, 0) is 43.3 Å². The Kier molecular flexibility index (Phi) is 11.1. The summed E-state index contributed by atoms with van der Waals surface area (Å²) >= 11 is 0. The van der Waals surface area contributed by atoms with Gasteiger partial charge >= 0.3 is 0 Å². The highest BCUT2D eigenvalue weighted by Gasteiger charge is 2.05. The molecule has 0 unspecified atom stereocenters. The zero-order chi connectivity index (χ0) is 17.7. The predicted octanol–water partition coefficient (Wildman–Crippen LogP) is 5.70. The molecule has 0 saturated carbocycles. The van der Waals surface area contributed by atoms with E-state index >= 15 is 0 Å². The number of anilines is 1. The second-order valence-corrected chi connectivity index (χ2v) is 4.76. The Labute approximate surface area is 140 Å². The van der Waals surface area contributed by atoms with Gasteiger partial charge in [-0.3, -0.25) is 4.79 Å². The van der Waals surface area contributed by atoms with Crippen LogP contribution >= 0.6 is 0 Å². The van der Waals surface area contributed by atoms with Crippen molar-refractivity contribution in [1.82, 2.24) is 0 Å². The maximum atomic E-state index is 11.9. The summed E-state index contributed by atoms with van der Waals surface area (Å²) in [7, 11) is 1.61. The van der Waals surface area contributed by atoms with E-state index in [1.807, 2.05) is 69.3 Å². The van der Waals surface area contributed by atoms with E-state index in [0.29, 0.717) is 5.56 Å². The molecule has 0 bridgehead atoms. The highest BCUT2D eigenvalue weighted by atomic mass is 16.5. The van der Waals surface area contributed by atoms with E-state index in [2.05, 4.69) is 19.2 Å². The molecular weight excluding hydrogens is 286 g/mol. The molecule has 0 atom stereocenters. The third-order valence-corrected chi connectivity index (χ3v) is 2.66. The number of hydrogen-bond acceptors (Lipinski definition) is 2. The van der Waals surface area contributed by atoms with Gasteiger partial charge in [0.05, 0.1) is 7.11 Å². The first-order valence-corrected chi connectivity index (χ1v) is 8.12. The Bertz CT molecular complexity index is 545. The normalized spacial score (nSPS) is 8.78. The molecule has 2 aromatic carbocycles. The number of ether oxygens (including phenoxy) is 1. The van der Waals surface area contributed by atoms with Gasteiger partial charge in [0.1, 0.15) is 5.75 Å². The Hall–Kier alpha value is -2.29. The van der Waals surface area contributed by atoms with Gasteiger partial charge in [0, 0.05) is 11.3 Å². The molecule has 0 aliphatic heterocycles. The number of carbonyl (C=O) groups excluding carboxylic acids is 1. The zero-order valence-corrected chi connectivity index (χ0v) is 15.1. The molecule has 3 nitrogen and oxygen atoms in total. The number of amides is 1. The summed E-state index contributed by atoms with van der Waals surface area (Å²) in [6.07, 6.45) is 1.25. The third kappa shape index (κ3) is 8.05. The molecule has 126 valence electrons. The number of rotatable bonds is 3. The number of carbonyl (C=O) groups is 1. The van der Waals surface area contributed by atoms with Crippen LogP contribution in [0, 0.1) is 6.92 Å². The first-order valence-electron chi connectivity index (χ1n) is 8.12. The van der Waals surface area contributed by atoms with Gasteiger partial charge in [0.15, 0.2) is 0 Å². The second kappa shape index (κ2) is 12.3. The lowest BCUT2D eigenvalue weighted by atomic mass is 10.1. The first kappa shape index (κ1) is 20.7. The van der Waals surface area contributed by atoms with Crippen molar-refractivity contribution in [3.05, 3.63) is 59.7 Å². The van der Waals surface area contributed by atoms with Gasteiger partial charge in [-0.25, -0.2) is 0 Å². The van der Waals surface area contributed by atoms with Crippen LogP contribution in [0.15, 0.2) is 48.5 Å². The summed E-state index contributed by atoms with van der Waals surface area (Å²) in [6.45, 7) is 10.2. The topological polar surface area (TPSA) is 38.3 Å². The van der Waals surface area contributed by atoms with Crippen LogP contribution in [0.5, 0.6) is 5.75 Å². The minimum absolute atomic E-state index is 0.111. The van der Waals surface area contributed by atoms with Gasteiger partial charge in [0.25, 0.3) is 5.91 Å². The zero-order valence-electron chi connectivity index (χ0n) is 15.1. The minimum atomic E-state index is -0.111. The fourth-order valence-corrected chi connectivity index (χ4v) is 1.58. The molecule has 0 aliphatic carbocycles. The van der Waals surface area contributed by atoms with Crippen LogP contribution in [0.3, 0.4) is 0 Å². The average molecular weight is 315 g/mol. The van der Waals surface area contributed by atoms with E-state index in [1.54, 1.807) is 7.11 Å². The quantitative estimate of drug-likeness (QED) is 0.789. The van der Waals surface area contributed by atoms with E-state index in [-0.39, 0.29) is 5.91 Å². The molecule has 0 spiro atoms. The number of methoxy groups -OCH3 is 1. The van der Waals surface area contributed by atoms with E-state index in [9.17, 15) is 4.79 Å². The van der Waals surface area contributed by atoms with E-state index in [4.69, 9.17) is 4.74 Å². The summed E-state index contributed by atoms with van der Waals surface area (Å²) in [4.78, 5) is 11.9. The summed E-state index contributed by atoms with van der Waals surface area (Å²) in [5.41, 5.74) is 2.54. The third-order valence-electron chi connectivity index (χ3n) is 2.66. The molecule has 3 heteroatoms. The summed E-state index contributed by atoms with van der Waals surface area (Å²) in [5.74, 6) is 0.656. The van der Waals surface area contributed by atoms with Gasteiger partial charge in [0.2, 0.25) is 0 Å². The van der Waals surface area contributed by atoms with Crippen LogP contribution in [-0.4, -0.2) is 13.0 Å². The van der Waals surface area contributed by atoms with Crippen LogP contribution in [0.25, 0.3) is 0 Å². The highest BCUT2D eigenvalue weighted by Crippen LogP contribution is 2.16. The van der Waals surface area contributed by atoms with Crippen molar-refractivity contribution < 1.29 is 9.53 Å². The van der Waals surface area contributed by atoms with E-state index in [1.165, 1.54) is 6.42 Å². The van der Waals surface area contributed by atoms with Crippen molar-refractivity contribution in [3.63, 3.8) is 0 Å². The molecule has 2 rings (SSSR count). The van der Waals surface area contributed by atoms with Gasteiger partial charge in [-0.15, -0.1) is 0 Å². The Morgan fingerprint density at radius 2 is 1.43 bits per heavy atom. The molecule has 0 heterocycles. The molecule has 0 radical (unpaired) electrons. The number of nitrogens with one attached hydrogen (secondary N) is 1. The van der Waals surface area contributed by atoms with Gasteiger partial charge in [-0.2, -0.15) is 0 Å². The molecule has 1 N–H and O–H groups in total. The number of hydrogen-bond donors (Lipinski definition) is 1. The lowest BCUT2D eigenvalue weighted by Crippen LogP contribution is -2.11. The molecule has 0 aliphatic rings.